The van der Waals surface area contributed by atoms with E-state index in [1.54, 1.807) is 20.8 Å². The van der Waals surface area contributed by atoms with Crippen LogP contribution in [0.3, 0.4) is 0 Å². The number of hydrogen-bond donors (Lipinski definition) is 5. The first kappa shape index (κ1) is 42.7. The monoisotopic (exact) mass is 788 g/mol. The van der Waals surface area contributed by atoms with Crippen LogP contribution in [0.15, 0.2) is 48.9 Å². The minimum atomic E-state index is -1.13. The summed E-state index contributed by atoms with van der Waals surface area (Å²) in [5, 5.41) is 14.1. The molecule has 1 aromatic heterocycles. The maximum absolute atomic E-state index is 14.3. The van der Waals surface area contributed by atoms with E-state index in [9.17, 15) is 33.6 Å². The van der Waals surface area contributed by atoms with Crippen molar-refractivity contribution in [3.8, 4) is 0 Å². The summed E-state index contributed by atoms with van der Waals surface area (Å²) >= 11 is 0. The third-order valence-electron chi connectivity index (χ3n) is 10.7. The predicted molar refractivity (Wildman–Crippen MR) is 208 cm³/mol. The number of likely N-dealkylation sites (tertiary alicyclic amines) is 1. The van der Waals surface area contributed by atoms with E-state index in [4.69, 9.17) is 4.74 Å². The number of amides is 6. The Kier molecular flexibility index (Phi) is 14.7. The lowest BCUT2D eigenvalue weighted by atomic mass is 9.82. The zero-order valence-corrected chi connectivity index (χ0v) is 33.3. The van der Waals surface area contributed by atoms with E-state index < -0.39 is 76.9 Å². The van der Waals surface area contributed by atoms with Gasteiger partial charge in [0.15, 0.2) is 0 Å². The van der Waals surface area contributed by atoms with Gasteiger partial charge in [0.1, 0.15) is 24.4 Å². The number of nitrogens with one attached hydrogen (secondary N) is 5. The second kappa shape index (κ2) is 19.6. The number of aromatic nitrogens is 2. The lowest BCUT2D eigenvalue weighted by Crippen LogP contribution is -2.61. The van der Waals surface area contributed by atoms with Gasteiger partial charge in [-0.05, 0) is 49.0 Å². The fraction of sp³-hybridized carbons (Fsp3) is 0.585. The molecule has 5 atom stereocenters. The van der Waals surface area contributed by atoms with Crippen LogP contribution >= 0.6 is 0 Å². The van der Waals surface area contributed by atoms with Crippen LogP contribution in [0.25, 0.3) is 0 Å². The summed E-state index contributed by atoms with van der Waals surface area (Å²) < 4.78 is 5.56. The van der Waals surface area contributed by atoms with Crippen LogP contribution in [0.4, 0.5) is 4.79 Å². The van der Waals surface area contributed by atoms with Crippen molar-refractivity contribution >= 4 is 41.4 Å². The molecule has 5 rings (SSSR count). The van der Waals surface area contributed by atoms with Gasteiger partial charge in [0, 0.05) is 31.5 Å². The third kappa shape index (κ3) is 12.0. The van der Waals surface area contributed by atoms with Crippen LogP contribution in [-0.2, 0) is 35.3 Å². The summed E-state index contributed by atoms with van der Waals surface area (Å²) in [6, 6.07) is 4.90. The molecule has 2 saturated carbocycles. The van der Waals surface area contributed by atoms with Gasteiger partial charge in [0.25, 0.3) is 11.8 Å². The minimum Gasteiger partial charge on any atom is -0.445 e. The number of ether oxygens (including phenoxy) is 1. The van der Waals surface area contributed by atoms with Gasteiger partial charge < -0.3 is 36.2 Å². The van der Waals surface area contributed by atoms with Crippen LogP contribution in [0.2, 0.25) is 0 Å². The Labute approximate surface area is 333 Å². The molecule has 3 unspecified atom stereocenters. The van der Waals surface area contributed by atoms with Crippen LogP contribution < -0.4 is 26.6 Å². The molecule has 5 N–H and O–H groups in total. The van der Waals surface area contributed by atoms with Crippen molar-refractivity contribution in [2.45, 2.75) is 122 Å². The van der Waals surface area contributed by atoms with Crippen molar-refractivity contribution in [3.05, 3.63) is 60.2 Å². The fourth-order valence-corrected chi connectivity index (χ4v) is 7.32. The van der Waals surface area contributed by atoms with E-state index in [1.165, 1.54) is 23.5 Å². The molecule has 0 radical (unpaired) electrons. The molecule has 308 valence electrons. The average Bonchev–Trinajstić information content (AvgIpc) is 3.92. The maximum Gasteiger partial charge on any atom is 0.410 e. The second-order valence-electron chi connectivity index (χ2n) is 16.4. The zero-order chi connectivity index (χ0) is 41.1. The van der Waals surface area contributed by atoms with E-state index in [0.717, 1.165) is 37.7 Å². The molecule has 1 saturated heterocycles. The zero-order valence-electron chi connectivity index (χ0n) is 33.3. The number of rotatable bonds is 16. The number of hydrogen-bond acceptors (Lipinski definition) is 10. The summed E-state index contributed by atoms with van der Waals surface area (Å²) in [5.74, 6) is -5.05. The molecule has 2 aliphatic carbocycles. The molecule has 57 heavy (non-hydrogen) atoms. The Morgan fingerprint density at radius 3 is 2.21 bits per heavy atom. The number of nitrogens with zero attached hydrogens (tertiary/aromatic N) is 3. The second-order valence-corrected chi connectivity index (χ2v) is 16.4. The van der Waals surface area contributed by atoms with E-state index in [0.29, 0.717) is 19.3 Å². The van der Waals surface area contributed by atoms with Gasteiger partial charge in [-0.3, -0.25) is 33.8 Å². The molecule has 1 aliphatic heterocycles. The quantitative estimate of drug-likeness (QED) is 0.157. The van der Waals surface area contributed by atoms with Crippen LogP contribution in [0, 0.1) is 17.3 Å². The molecule has 2 aromatic rings. The molecular weight excluding hydrogens is 732 g/mol. The molecule has 2 heterocycles. The van der Waals surface area contributed by atoms with Crippen molar-refractivity contribution in [2.75, 3.05) is 13.1 Å². The van der Waals surface area contributed by atoms with Gasteiger partial charge in [0.05, 0.1) is 24.2 Å². The molecule has 0 bridgehead atoms. The number of ketones is 1. The topological polar surface area (TPSA) is 218 Å². The first-order valence-electron chi connectivity index (χ1n) is 20.0. The SMILES string of the molecule is CCC[C@H](NC(=O)C1CN(C(=O)OCc2ccccc2)CC1NC(=O)C(NC(=O)[C@@H](NC(=O)c1cnccn1)C1CCCCC1)C(C)(C)C)C(=O)C(=O)NC1CC1. The van der Waals surface area contributed by atoms with Gasteiger partial charge in [-0.1, -0.05) is 83.7 Å². The van der Waals surface area contributed by atoms with Crippen LogP contribution in [-0.4, -0.2) is 99.6 Å². The van der Waals surface area contributed by atoms with Gasteiger partial charge in [-0.2, -0.15) is 0 Å². The molecule has 3 aliphatic rings. The van der Waals surface area contributed by atoms with Crippen molar-refractivity contribution in [1.82, 2.24) is 41.5 Å². The molecule has 1 aromatic carbocycles. The summed E-state index contributed by atoms with van der Waals surface area (Å²) in [7, 11) is 0. The molecule has 0 spiro atoms. The largest absolute Gasteiger partial charge is 0.445 e. The van der Waals surface area contributed by atoms with Gasteiger partial charge in [0.2, 0.25) is 23.5 Å². The highest BCUT2D eigenvalue weighted by atomic mass is 16.6. The molecule has 6 amide bonds. The fourth-order valence-electron chi connectivity index (χ4n) is 7.32. The Morgan fingerprint density at radius 2 is 1.58 bits per heavy atom. The van der Waals surface area contributed by atoms with Crippen molar-refractivity contribution in [2.24, 2.45) is 17.3 Å². The summed E-state index contributed by atoms with van der Waals surface area (Å²) in [6.07, 6.45) is 9.97. The van der Waals surface area contributed by atoms with Crippen molar-refractivity contribution in [3.63, 3.8) is 0 Å². The highest BCUT2D eigenvalue weighted by molar-refractivity contribution is 6.38. The summed E-state index contributed by atoms with van der Waals surface area (Å²) in [4.78, 5) is 104. The number of benzene rings is 1. The van der Waals surface area contributed by atoms with E-state index in [2.05, 4.69) is 36.6 Å². The third-order valence-corrected chi connectivity index (χ3v) is 10.7. The van der Waals surface area contributed by atoms with Crippen LogP contribution in [0.5, 0.6) is 0 Å². The Hall–Kier alpha value is -5.41. The standard InChI is InChI=1S/C41H56N8O8/c1-5-12-29(33(50)38(54)44-27-17-18-27)45-35(51)28-22-49(40(56)57-24-25-13-8-6-9-14-25)23-31(28)46-39(55)34(41(2,3)4)48-37(53)32(26-15-10-7-11-16-26)47-36(52)30-21-42-19-20-43-30/h6,8-9,13-14,19-21,26-29,31-32,34H,5,7,10-12,15-18,22-24H2,1-4H3,(H,44,54)(H,45,51)(H,46,55)(H,47,52)(H,48,53)/t28?,29-,31?,32-,34?/m0/s1. The predicted octanol–water partition coefficient (Wildman–Crippen LogP) is 2.57. The minimum absolute atomic E-state index is 0.0130. The highest BCUT2D eigenvalue weighted by Gasteiger charge is 2.45. The van der Waals surface area contributed by atoms with E-state index in [-0.39, 0.29) is 43.8 Å². The first-order chi connectivity index (χ1) is 27.2. The van der Waals surface area contributed by atoms with E-state index in [1.807, 2.05) is 37.3 Å². The van der Waals surface area contributed by atoms with Gasteiger partial charge >= 0.3 is 6.09 Å². The van der Waals surface area contributed by atoms with Crippen molar-refractivity contribution in [1.29, 1.82) is 0 Å². The first-order valence-corrected chi connectivity index (χ1v) is 20.0. The molecular formula is C41H56N8O8. The highest BCUT2D eigenvalue weighted by Crippen LogP contribution is 2.28. The van der Waals surface area contributed by atoms with Crippen molar-refractivity contribution < 1.29 is 38.3 Å². The Morgan fingerprint density at radius 1 is 0.860 bits per heavy atom. The number of carbonyl (C=O) groups excluding carboxylic acids is 7. The molecule has 16 nitrogen and oxygen atoms in total. The van der Waals surface area contributed by atoms with Crippen LogP contribution in [0.1, 0.15) is 102 Å². The smallest absolute Gasteiger partial charge is 0.410 e. The molecule has 3 fully saturated rings. The van der Waals surface area contributed by atoms with Gasteiger partial charge in [-0.25, -0.2) is 9.78 Å². The average molecular weight is 789 g/mol. The maximum atomic E-state index is 14.3. The van der Waals surface area contributed by atoms with E-state index >= 15 is 0 Å². The number of carbonyl (C=O) groups is 7. The normalized spacial score (nSPS) is 20.0. The van der Waals surface area contributed by atoms with Gasteiger partial charge in [-0.15, -0.1) is 0 Å². The Bertz CT molecular complexity index is 1740. The molecule has 16 heteroatoms. The lowest BCUT2D eigenvalue weighted by molar-refractivity contribution is -0.140. The number of Topliss-reactive ketones (excluding diaryl/α,β-unsaturated/α-hetero) is 1. The summed E-state index contributed by atoms with van der Waals surface area (Å²) in [5.41, 5.74) is -0.0258. The lowest BCUT2D eigenvalue weighted by Gasteiger charge is -2.35. The Balaban J connectivity index is 1.34. The summed E-state index contributed by atoms with van der Waals surface area (Å²) in [6.45, 7) is 6.92.